The summed E-state index contributed by atoms with van der Waals surface area (Å²) in [5, 5.41) is 12.5. The van der Waals surface area contributed by atoms with Crippen molar-refractivity contribution in [3.05, 3.63) is 35.9 Å². The minimum absolute atomic E-state index is 0.235. The SMILES string of the molecule is OC1CCC(CNC(CC(F)(F)F)c2ccccc2)CC1. The fourth-order valence-electron chi connectivity index (χ4n) is 2.88. The Morgan fingerprint density at radius 1 is 1.10 bits per heavy atom. The molecule has 0 aromatic heterocycles. The largest absolute Gasteiger partial charge is 0.393 e. The molecule has 2 rings (SSSR count). The number of rotatable bonds is 5. The molecule has 0 bridgehead atoms. The topological polar surface area (TPSA) is 32.3 Å². The van der Waals surface area contributed by atoms with Gasteiger partial charge in [0.25, 0.3) is 0 Å². The number of hydrogen-bond acceptors (Lipinski definition) is 2. The van der Waals surface area contributed by atoms with Crippen LogP contribution in [0, 0.1) is 5.92 Å². The number of benzene rings is 1. The number of hydrogen-bond donors (Lipinski definition) is 2. The third kappa shape index (κ3) is 5.67. The summed E-state index contributed by atoms with van der Waals surface area (Å²) in [5.41, 5.74) is 0.672. The summed E-state index contributed by atoms with van der Waals surface area (Å²) in [7, 11) is 0. The molecule has 118 valence electrons. The van der Waals surface area contributed by atoms with Gasteiger partial charge in [0.05, 0.1) is 12.5 Å². The van der Waals surface area contributed by atoms with Crippen LogP contribution in [0.15, 0.2) is 30.3 Å². The lowest BCUT2D eigenvalue weighted by molar-refractivity contribution is -0.140. The summed E-state index contributed by atoms with van der Waals surface area (Å²) < 4.78 is 38.2. The Labute approximate surface area is 123 Å². The first kappa shape index (κ1) is 16.3. The zero-order valence-electron chi connectivity index (χ0n) is 11.9. The number of nitrogens with one attached hydrogen (secondary N) is 1. The van der Waals surface area contributed by atoms with Crippen LogP contribution in [0.2, 0.25) is 0 Å². The van der Waals surface area contributed by atoms with Crippen molar-refractivity contribution in [3.63, 3.8) is 0 Å². The van der Waals surface area contributed by atoms with Gasteiger partial charge in [0.15, 0.2) is 0 Å². The van der Waals surface area contributed by atoms with E-state index in [-0.39, 0.29) is 6.10 Å². The highest BCUT2D eigenvalue weighted by Gasteiger charge is 2.33. The lowest BCUT2D eigenvalue weighted by Crippen LogP contribution is -2.33. The number of alkyl halides is 3. The van der Waals surface area contributed by atoms with E-state index in [4.69, 9.17) is 0 Å². The molecule has 1 aromatic rings. The van der Waals surface area contributed by atoms with Gasteiger partial charge in [-0.2, -0.15) is 13.2 Å². The summed E-state index contributed by atoms with van der Waals surface area (Å²) in [5.74, 6) is 0.354. The van der Waals surface area contributed by atoms with Crippen molar-refractivity contribution in [1.82, 2.24) is 5.32 Å². The minimum atomic E-state index is -4.18. The molecule has 5 heteroatoms. The second-order valence-corrected chi connectivity index (χ2v) is 5.87. The predicted molar refractivity (Wildman–Crippen MR) is 75.8 cm³/mol. The molecule has 1 unspecified atom stereocenters. The zero-order chi connectivity index (χ0) is 15.3. The molecule has 1 aromatic carbocycles. The van der Waals surface area contributed by atoms with Crippen LogP contribution >= 0.6 is 0 Å². The Balaban J connectivity index is 1.93. The number of halogens is 3. The second kappa shape index (κ2) is 7.27. The van der Waals surface area contributed by atoms with Crippen LogP contribution in [-0.4, -0.2) is 23.9 Å². The Kier molecular flexibility index (Phi) is 5.65. The number of aliphatic hydroxyl groups excluding tert-OH is 1. The molecule has 2 N–H and O–H groups in total. The molecule has 0 aliphatic heterocycles. The zero-order valence-corrected chi connectivity index (χ0v) is 11.9. The smallest absolute Gasteiger partial charge is 0.390 e. The predicted octanol–water partition coefficient (Wildman–Crippen LogP) is 3.82. The molecule has 1 aliphatic rings. The third-order valence-corrected chi connectivity index (χ3v) is 4.11. The van der Waals surface area contributed by atoms with Crippen molar-refractivity contribution in [2.45, 2.75) is 50.4 Å². The van der Waals surface area contributed by atoms with E-state index in [2.05, 4.69) is 5.32 Å². The van der Waals surface area contributed by atoms with E-state index < -0.39 is 18.6 Å². The summed E-state index contributed by atoms with van der Waals surface area (Å²) in [4.78, 5) is 0. The van der Waals surface area contributed by atoms with Crippen LogP contribution < -0.4 is 5.32 Å². The fourth-order valence-corrected chi connectivity index (χ4v) is 2.88. The first-order chi connectivity index (χ1) is 9.94. The van der Waals surface area contributed by atoms with Gasteiger partial charge >= 0.3 is 6.18 Å². The van der Waals surface area contributed by atoms with Crippen molar-refractivity contribution in [2.75, 3.05) is 6.54 Å². The quantitative estimate of drug-likeness (QED) is 0.866. The normalized spacial score (nSPS) is 24.8. The molecule has 2 nitrogen and oxygen atoms in total. The standard InChI is InChI=1S/C16H22F3NO/c17-16(18,19)10-15(13-4-2-1-3-5-13)20-11-12-6-8-14(21)9-7-12/h1-5,12,14-15,20-21H,6-11H2. The van der Waals surface area contributed by atoms with Crippen molar-refractivity contribution >= 4 is 0 Å². The van der Waals surface area contributed by atoms with Crippen LogP contribution in [0.1, 0.15) is 43.7 Å². The molecule has 0 radical (unpaired) electrons. The molecule has 1 fully saturated rings. The van der Waals surface area contributed by atoms with E-state index in [0.29, 0.717) is 18.0 Å². The summed E-state index contributed by atoms with van der Waals surface area (Å²) in [6.07, 6.45) is -2.02. The first-order valence-corrected chi connectivity index (χ1v) is 7.47. The molecule has 0 amide bonds. The van der Waals surface area contributed by atoms with Crippen LogP contribution in [0.4, 0.5) is 13.2 Å². The molecular weight excluding hydrogens is 279 g/mol. The van der Waals surface area contributed by atoms with Gasteiger partial charge in [0.2, 0.25) is 0 Å². The van der Waals surface area contributed by atoms with E-state index in [1.54, 1.807) is 30.3 Å². The van der Waals surface area contributed by atoms with Gasteiger partial charge in [0.1, 0.15) is 0 Å². The van der Waals surface area contributed by atoms with Crippen LogP contribution in [0.25, 0.3) is 0 Å². The van der Waals surface area contributed by atoms with Crippen molar-refractivity contribution in [1.29, 1.82) is 0 Å². The van der Waals surface area contributed by atoms with Gasteiger partial charge in [-0.05, 0) is 43.7 Å². The maximum atomic E-state index is 12.7. The van der Waals surface area contributed by atoms with Crippen LogP contribution in [-0.2, 0) is 0 Å². The van der Waals surface area contributed by atoms with Gasteiger partial charge in [-0.25, -0.2) is 0 Å². The highest BCUT2D eigenvalue weighted by Crippen LogP contribution is 2.30. The van der Waals surface area contributed by atoms with Crippen molar-refractivity contribution < 1.29 is 18.3 Å². The molecule has 0 heterocycles. The molecule has 0 saturated heterocycles. The highest BCUT2D eigenvalue weighted by molar-refractivity contribution is 5.19. The van der Waals surface area contributed by atoms with Crippen molar-refractivity contribution in [2.24, 2.45) is 5.92 Å². The second-order valence-electron chi connectivity index (χ2n) is 5.87. The van der Waals surface area contributed by atoms with Gasteiger partial charge in [-0.15, -0.1) is 0 Å². The summed E-state index contributed by atoms with van der Waals surface area (Å²) in [6.45, 7) is 0.572. The van der Waals surface area contributed by atoms with E-state index >= 15 is 0 Å². The molecule has 1 atom stereocenters. The Morgan fingerprint density at radius 3 is 2.29 bits per heavy atom. The lowest BCUT2D eigenvalue weighted by Gasteiger charge is -2.28. The average molecular weight is 301 g/mol. The Morgan fingerprint density at radius 2 is 1.71 bits per heavy atom. The summed E-state index contributed by atoms with van der Waals surface area (Å²) in [6, 6.07) is 8.09. The molecule has 1 saturated carbocycles. The fraction of sp³-hybridized carbons (Fsp3) is 0.625. The third-order valence-electron chi connectivity index (χ3n) is 4.11. The molecule has 1 aliphatic carbocycles. The van der Waals surface area contributed by atoms with Gasteiger partial charge in [0, 0.05) is 6.04 Å². The van der Waals surface area contributed by atoms with Crippen LogP contribution in [0.3, 0.4) is 0 Å². The Hall–Kier alpha value is -1.07. The summed E-state index contributed by atoms with van der Waals surface area (Å²) >= 11 is 0. The van der Waals surface area contributed by atoms with E-state index in [0.717, 1.165) is 25.7 Å². The monoisotopic (exact) mass is 301 g/mol. The minimum Gasteiger partial charge on any atom is -0.393 e. The van der Waals surface area contributed by atoms with E-state index in [9.17, 15) is 18.3 Å². The van der Waals surface area contributed by atoms with Gasteiger partial charge < -0.3 is 10.4 Å². The first-order valence-electron chi connectivity index (χ1n) is 7.47. The highest BCUT2D eigenvalue weighted by atomic mass is 19.4. The Bertz CT molecular complexity index is 413. The van der Waals surface area contributed by atoms with E-state index in [1.807, 2.05) is 0 Å². The van der Waals surface area contributed by atoms with Gasteiger partial charge in [-0.1, -0.05) is 30.3 Å². The molecule has 0 spiro atoms. The van der Waals surface area contributed by atoms with E-state index in [1.165, 1.54) is 0 Å². The maximum absolute atomic E-state index is 12.7. The van der Waals surface area contributed by atoms with Crippen LogP contribution in [0.5, 0.6) is 0 Å². The lowest BCUT2D eigenvalue weighted by atomic mass is 9.87. The number of aliphatic hydroxyl groups is 1. The average Bonchev–Trinajstić information content (AvgIpc) is 2.45. The molecule has 21 heavy (non-hydrogen) atoms. The van der Waals surface area contributed by atoms with Crippen molar-refractivity contribution in [3.8, 4) is 0 Å². The molecular formula is C16H22F3NO. The maximum Gasteiger partial charge on any atom is 0.390 e. The van der Waals surface area contributed by atoms with Gasteiger partial charge in [-0.3, -0.25) is 0 Å².